The minimum absolute atomic E-state index is 0.303. The fraction of sp³-hybridized carbons (Fsp3) is 0.250. The molecule has 0 saturated heterocycles. The number of hydrogen-bond acceptors (Lipinski definition) is 5. The molecule has 0 amide bonds. The summed E-state index contributed by atoms with van der Waals surface area (Å²) in [6.07, 6.45) is -0.543. The average Bonchev–Trinajstić information content (AvgIpc) is 2.94. The predicted molar refractivity (Wildman–Crippen MR) is 195 cm³/mol. The van der Waals surface area contributed by atoms with E-state index < -0.39 is 16.5 Å². The molecule has 1 aliphatic heterocycles. The Labute approximate surface area is 306 Å². The average molecular weight is 858 g/mol. The van der Waals surface area contributed by atoms with Crippen molar-refractivity contribution in [3.8, 4) is 0 Å². The van der Waals surface area contributed by atoms with E-state index in [1.165, 1.54) is 16.7 Å². The van der Waals surface area contributed by atoms with Gasteiger partial charge in [0.1, 0.15) is 0 Å². The molecule has 0 aliphatic carbocycles. The van der Waals surface area contributed by atoms with E-state index in [1.807, 2.05) is 60.5 Å². The van der Waals surface area contributed by atoms with Gasteiger partial charge in [-0.2, -0.15) is 8.42 Å². The van der Waals surface area contributed by atoms with Gasteiger partial charge in [-0.05, 0) is 90.4 Å². The van der Waals surface area contributed by atoms with Crippen LogP contribution in [0.15, 0.2) is 87.8 Å². The zero-order valence-electron chi connectivity index (χ0n) is 24.7. The van der Waals surface area contributed by atoms with Gasteiger partial charge in [0.2, 0.25) is 0 Å². The lowest BCUT2D eigenvalue weighted by molar-refractivity contribution is 0.124. The second-order valence-corrected chi connectivity index (χ2v) is 15.1. The van der Waals surface area contributed by atoms with Crippen LogP contribution in [-0.4, -0.2) is 59.6 Å². The molecule has 0 fully saturated rings. The molecule has 2 unspecified atom stereocenters. The minimum Gasteiger partial charge on any atom is -0.387 e. The number of hydrogen-bond donors (Lipinski definition) is 3. The highest BCUT2D eigenvalue weighted by Gasteiger charge is 2.27. The van der Waals surface area contributed by atoms with Gasteiger partial charge < -0.3 is 10.0 Å². The molecule has 5 rings (SSSR count). The third-order valence-corrected chi connectivity index (χ3v) is 9.05. The van der Waals surface area contributed by atoms with Gasteiger partial charge >= 0.3 is 10.4 Å². The number of likely N-dealkylation sites (N-methyl/N-ethyl adjacent to an activating group) is 2. The number of rotatable bonds is 6. The van der Waals surface area contributed by atoms with E-state index in [0.717, 1.165) is 38.2 Å². The van der Waals surface area contributed by atoms with Crippen molar-refractivity contribution in [1.29, 1.82) is 0 Å². The van der Waals surface area contributed by atoms with Crippen LogP contribution in [0.4, 0.5) is 0 Å². The van der Waals surface area contributed by atoms with E-state index in [4.69, 9.17) is 63.9 Å². The van der Waals surface area contributed by atoms with Crippen molar-refractivity contribution in [2.45, 2.75) is 25.1 Å². The molecule has 3 N–H and O–H groups in total. The van der Waals surface area contributed by atoms with Crippen LogP contribution < -0.4 is 0 Å². The Hall–Kier alpha value is -1.25. The van der Waals surface area contributed by atoms with Crippen LogP contribution >= 0.6 is 78.3 Å². The number of nitrogens with zero attached hydrogens (tertiary/aromatic N) is 2. The maximum absolute atomic E-state index is 10.3. The smallest absolute Gasteiger partial charge is 0.387 e. The Morgan fingerprint density at radius 1 is 0.891 bits per heavy atom. The summed E-state index contributed by atoms with van der Waals surface area (Å²) >= 11 is 31.6. The third-order valence-electron chi connectivity index (χ3n) is 6.92. The molecule has 1 aliphatic rings. The van der Waals surface area contributed by atoms with Crippen molar-refractivity contribution < 1.29 is 22.6 Å². The van der Waals surface area contributed by atoms with Crippen molar-refractivity contribution >= 4 is 88.7 Å². The van der Waals surface area contributed by atoms with Crippen molar-refractivity contribution in [3.05, 3.63) is 136 Å². The van der Waals surface area contributed by atoms with Crippen LogP contribution in [0.3, 0.4) is 0 Å². The lowest BCUT2D eigenvalue weighted by Crippen LogP contribution is -2.31. The van der Waals surface area contributed by atoms with Gasteiger partial charge in [-0.25, -0.2) is 0 Å². The number of halogens is 6. The molecule has 0 radical (unpaired) electrons. The lowest BCUT2D eigenvalue weighted by atomic mass is 9.85. The molecule has 0 aromatic heterocycles. The van der Waals surface area contributed by atoms with E-state index in [0.29, 0.717) is 34.1 Å². The molecule has 46 heavy (non-hydrogen) atoms. The van der Waals surface area contributed by atoms with E-state index in [2.05, 4.69) is 68.1 Å². The summed E-state index contributed by atoms with van der Waals surface area (Å²) < 4.78 is 33.6. The summed E-state index contributed by atoms with van der Waals surface area (Å²) in [5, 5.41) is 13.0. The lowest BCUT2D eigenvalue weighted by Gasteiger charge is -2.33. The molecule has 0 spiro atoms. The van der Waals surface area contributed by atoms with Gasteiger partial charge in [0.05, 0.1) is 6.10 Å². The molecule has 1 heterocycles. The van der Waals surface area contributed by atoms with Crippen molar-refractivity contribution in [1.82, 2.24) is 9.80 Å². The molecule has 248 valence electrons. The molecule has 4 aromatic rings. The van der Waals surface area contributed by atoms with Crippen LogP contribution in [0.2, 0.25) is 20.1 Å². The van der Waals surface area contributed by atoms with Crippen LogP contribution in [0, 0.1) is 0 Å². The highest BCUT2D eigenvalue weighted by molar-refractivity contribution is 9.10. The Balaban J connectivity index is 0.000000219. The van der Waals surface area contributed by atoms with E-state index in [-0.39, 0.29) is 0 Å². The summed E-state index contributed by atoms with van der Waals surface area (Å²) in [5.41, 5.74) is 5.60. The number of aliphatic hydroxyl groups is 1. The standard InChI is InChI=1S/C16H16BrCl2NO.C16H14BrCl2N.H2O4S/c1-20(9-12-5-6-14(18)8-15(12)19)10-16(21)11-3-2-4-13(17)7-11;1-20-8-14(10-3-2-4-11(17)5-10)13-6-12(18)7-16(19)15(13)9-20;1-5(2,3)4/h2-8,16,21H,9-10H2,1H3;2-7,14H,8-9H2,1H3;(H2,1,2,3,4). The molecular formula is C32H32Br2Cl4N2O5S. The molecule has 7 nitrogen and oxygen atoms in total. The largest absolute Gasteiger partial charge is 0.394 e. The van der Waals surface area contributed by atoms with Gasteiger partial charge in [-0.15, -0.1) is 0 Å². The molecular weight excluding hydrogens is 826 g/mol. The Kier molecular flexibility index (Phi) is 15.3. The van der Waals surface area contributed by atoms with Gasteiger partial charge in [0.15, 0.2) is 0 Å². The monoisotopic (exact) mass is 854 g/mol. The zero-order chi connectivity index (χ0) is 34.2. The second kappa shape index (κ2) is 17.9. The highest BCUT2D eigenvalue weighted by atomic mass is 79.9. The fourth-order valence-corrected chi connectivity index (χ4v) is 6.84. The second-order valence-electron chi connectivity index (χ2n) is 10.7. The first-order valence-electron chi connectivity index (χ1n) is 13.7. The normalized spacial score (nSPS) is 15.3. The maximum Gasteiger partial charge on any atom is 0.394 e. The minimum atomic E-state index is -4.67. The van der Waals surface area contributed by atoms with Gasteiger partial charge in [-0.1, -0.05) is 109 Å². The van der Waals surface area contributed by atoms with Crippen LogP contribution in [-0.2, 0) is 23.5 Å². The van der Waals surface area contributed by atoms with Gasteiger partial charge in [0, 0.05) is 61.1 Å². The number of fused-ring (bicyclic) bond motifs is 1. The molecule has 2 atom stereocenters. The summed E-state index contributed by atoms with van der Waals surface area (Å²) in [4.78, 5) is 4.33. The maximum atomic E-state index is 10.3. The number of benzene rings is 4. The Morgan fingerprint density at radius 3 is 2.11 bits per heavy atom. The quantitative estimate of drug-likeness (QED) is 0.166. The predicted octanol–water partition coefficient (Wildman–Crippen LogP) is 9.60. The molecule has 14 heteroatoms. The van der Waals surface area contributed by atoms with Crippen LogP contribution in [0.1, 0.15) is 39.8 Å². The summed E-state index contributed by atoms with van der Waals surface area (Å²) in [5.74, 6) is 0.303. The molecule has 4 aromatic carbocycles. The Morgan fingerprint density at radius 2 is 1.50 bits per heavy atom. The number of aliphatic hydroxyl groups excluding tert-OH is 1. The van der Waals surface area contributed by atoms with E-state index in [9.17, 15) is 5.11 Å². The van der Waals surface area contributed by atoms with Crippen molar-refractivity contribution in [2.24, 2.45) is 0 Å². The highest BCUT2D eigenvalue weighted by Crippen LogP contribution is 2.38. The summed E-state index contributed by atoms with van der Waals surface area (Å²) in [6.45, 7) is 3.02. The summed E-state index contributed by atoms with van der Waals surface area (Å²) in [7, 11) is -0.592. The molecule has 0 saturated carbocycles. The first-order valence-corrected chi connectivity index (χ1v) is 18.2. The summed E-state index contributed by atoms with van der Waals surface area (Å²) in [6, 6.07) is 25.5. The first-order chi connectivity index (χ1) is 21.5. The first kappa shape index (κ1) is 39.2. The van der Waals surface area contributed by atoms with E-state index in [1.54, 1.807) is 6.07 Å². The van der Waals surface area contributed by atoms with Gasteiger partial charge in [-0.3, -0.25) is 14.0 Å². The fourth-order valence-electron chi connectivity index (χ4n) is 4.97. The topological polar surface area (TPSA) is 101 Å². The van der Waals surface area contributed by atoms with Crippen LogP contribution in [0.5, 0.6) is 0 Å². The SMILES string of the molecule is CN(Cc1ccc(Cl)cc1Cl)CC(O)c1cccc(Br)c1.CN1Cc2c(Cl)cc(Cl)cc2C(c2cccc(Br)c2)C1.O=S(=O)(O)O. The van der Waals surface area contributed by atoms with E-state index >= 15 is 0 Å². The molecule has 0 bridgehead atoms. The van der Waals surface area contributed by atoms with Gasteiger partial charge in [0.25, 0.3) is 0 Å². The van der Waals surface area contributed by atoms with Crippen LogP contribution in [0.25, 0.3) is 0 Å². The van der Waals surface area contributed by atoms with Crippen molar-refractivity contribution in [2.75, 3.05) is 27.2 Å². The third kappa shape index (κ3) is 13.0. The zero-order valence-corrected chi connectivity index (χ0v) is 31.7. The van der Waals surface area contributed by atoms with Crippen molar-refractivity contribution in [3.63, 3.8) is 0 Å². The Bertz CT molecular complexity index is 1740.